The van der Waals surface area contributed by atoms with Crippen molar-refractivity contribution in [3.05, 3.63) is 24.0 Å². The molecule has 0 amide bonds. The van der Waals surface area contributed by atoms with E-state index in [9.17, 15) is 0 Å². The summed E-state index contributed by atoms with van der Waals surface area (Å²) >= 11 is 0. The Morgan fingerprint density at radius 2 is 2.25 bits per heavy atom. The van der Waals surface area contributed by atoms with Gasteiger partial charge in [0.1, 0.15) is 12.5 Å². The van der Waals surface area contributed by atoms with E-state index in [1.165, 1.54) is 24.9 Å². The summed E-state index contributed by atoms with van der Waals surface area (Å²) in [6.45, 7) is 3.18. The van der Waals surface area contributed by atoms with Gasteiger partial charge >= 0.3 is 0 Å². The van der Waals surface area contributed by atoms with Crippen LogP contribution in [0.15, 0.2) is 18.5 Å². The van der Waals surface area contributed by atoms with Crippen LogP contribution in [0.3, 0.4) is 0 Å². The molecule has 0 saturated carbocycles. The van der Waals surface area contributed by atoms with Crippen molar-refractivity contribution in [3.63, 3.8) is 0 Å². The standard InChI is InChI=1S/C11H16N2O.CH2O/c1-13-5-3-4-11(13)9-6-10(14-2)8-12-7-9;1-2/h6-8,11H,3-5H2,1-2H3;1H2. The fourth-order valence-corrected chi connectivity index (χ4v) is 2.06. The molecule has 0 bridgehead atoms. The lowest BCUT2D eigenvalue weighted by Crippen LogP contribution is -2.17. The summed E-state index contributed by atoms with van der Waals surface area (Å²) in [5.41, 5.74) is 1.27. The molecule has 2 rings (SSSR count). The molecule has 1 fully saturated rings. The number of methoxy groups -OCH3 is 1. The van der Waals surface area contributed by atoms with Gasteiger partial charge in [0.2, 0.25) is 0 Å². The number of hydrogen-bond donors (Lipinski definition) is 0. The fraction of sp³-hybridized carbons (Fsp3) is 0.500. The van der Waals surface area contributed by atoms with Gasteiger partial charge in [-0.15, -0.1) is 0 Å². The van der Waals surface area contributed by atoms with Crippen LogP contribution in [0.2, 0.25) is 0 Å². The molecule has 1 aromatic heterocycles. The number of likely N-dealkylation sites (tertiary alicyclic amines) is 1. The van der Waals surface area contributed by atoms with Gasteiger partial charge in [-0.25, -0.2) is 0 Å². The van der Waals surface area contributed by atoms with E-state index in [-0.39, 0.29) is 0 Å². The number of aromatic nitrogens is 1. The van der Waals surface area contributed by atoms with Crippen molar-refractivity contribution in [1.29, 1.82) is 0 Å². The van der Waals surface area contributed by atoms with Gasteiger partial charge in [0, 0.05) is 12.2 Å². The average Bonchev–Trinajstić information content (AvgIpc) is 2.78. The lowest BCUT2D eigenvalue weighted by molar-refractivity contribution is -0.0979. The number of rotatable bonds is 2. The average molecular weight is 222 g/mol. The third-order valence-corrected chi connectivity index (χ3v) is 2.88. The molecule has 1 aromatic rings. The molecule has 2 heterocycles. The third kappa shape index (κ3) is 2.79. The van der Waals surface area contributed by atoms with Gasteiger partial charge in [-0.3, -0.25) is 9.88 Å². The maximum atomic E-state index is 8.00. The topological polar surface area (TPSA) is 42.4 Å². The number of carbonyl (C=O) groups excluding carboxylic acids is 1. The summed E-state index contributed by atoms with van der Waals surface area (Å²) in [5.74, 6) is 0.850. The molecule has 0 spiro atoms. The molecule has 88 valence electrons. The lowest BCUT2D eigenvalue weighted by atomic mass is 10.1. The summed E-state index contributed by atoms with van der Waals surface area (Å²) in [6, 6.07) is 2.61. The molecular weight excluding hydrogens is 204 g/mol. The van der Waals surface area contributed by atoms with Gasteiger partial charge in [0.05, 0.1) is 13.3 Å². The Morgan fingerprint density at radius 3 is 2.81 bits per heavy atom. The Balaban J connectivity index is 0.000000606. The van der Waals surface area contributed by atoms with Crippen LogP contribution < -0.4 is 4.74 Å². The molecule has 1 unspecified atom stereocenters. The van der Waals surface area contributed by atoms with Crippen LogP contribution in [0.25, 0.3) is 0 Å². The van der Waals surface area contributed by atoms with Gasteiger partial charge in [-0.2, -0.15) is 0 Å². The minimum atomic E-state index is 0.526. The van der Waals surface area contributed by atoms with Crippen LogP contribution >= 0.6 is 0 Å². The van der Waals surface area contributed by atoms with Crippen molar-refractivity contribution in [2.75, 3.05) is 20.7 Å². The Kier molecular flexibility index (Phi) is 4.92. The maximum absolute atomic E-state index is 8.00. The quantitative estimate of drug-likeness (QED) is 0.763. The zero-order chi connectivity index (χ0) is 12.0. The number of hydrogen-bond acceptors (Lipinski definition) is 4. The van der Waals surface area contributed by atoms with Gasteiger partial charge in [-0.05, 0) is 38.1 Å². The van der Waals surface area contributed by atoms with Gasteiger partial charge < -0.3 is 9.53 Å². The Morgan fingerprint density at radius 1 is 1.50 bits per heavy atom. The fourth-order valence-electron chi connectivity index (χ4n) is 2.06. The normalized spacial score (nSPS) is 20.0. The van der Waals surface area contributed by atoms with E-state index in [4.69, 9.17) is 9.53 Å². The molecule has 4 nitrogen and oxygen atoms in total. The highest BCUT2D eigenvalue weighted by Crippen LogP contribution is 2.31. The second-order valence-corrected chi connectivity index (χ2v) is 3.80. The van der Waals surface area contributed by atoms with Crippen LogP contribution in [-0.4, -0.2) is 37.4 Å². The lowest BCUT2D eigenvalue weighted by Gasteiger charge is -2.19. The monoisotopic (exact) mass is 222 g/mol. The summed E-state index contributed by atoms with van der Waals surface area (Å²) in [7, 11) is 3.84. The zero-order valence-corrected chi connectivity index (χ0v) is 9.85. The molecule has 16 heavy (non-hydrogen) atoms. The first-order valence-corrected chi connectivity index (χ1v) is 5.29. The van der Waals surface area contributed by atoms with E-state index < -0.39 is 0 Å². The number of ether oxygens (including phenoxy) is 1. The van der Waals surface area contributed by atoms with E-state index in [0.717, 1.165) is 5.75 Å². The van der Waals surface area contributed by atoms with Crippen molar-refractivity contribution in [2.24, 2.45) is 0 Å². The minimum Gasteiger partial charge on any atom is -0.495 e. The molecule has 0 radical (unpaired) electrons. The van der Waals surface area contributed by atoms with Crippen molar-refractivity contribution >= 4 is 6.79 Å². The van der Waals surface area contributed by atoms with Crippen molar-refractivity contribution in [1.82, 2.24) is 9.88 Å². The van der Waals surface area contributed by atoms with Gasteiger partial charge in [0.15, 0.2) is 0 Å². The van der Waals surface area contributed by atoms with E-state index in [0.29, 0.717) is 6.04 Å². The second-order valence-electron chi connectivity index (χ2n) is 3.80. The zero-order valence-electron chi connectivity index (χ0n) is 9.85. The molecule has 0 aromatic carbocycles. The van der Waals surface area contributed by atoms with E-state index in [1.807, 2.05) is 13.0 Å². The minimum absolute atomic E-state index is 0.526. The Labute approximate surface area is 96.2 Å². The van der Waals surface area contributed by atoms with Crippen LogP contribution in [0.5, 0.6) is 5.75 Å². The second kappa shape index (κ2) is 6.23. The summed E-state index contributed by atoms with van der Waals surface area (Å²) in [5, 5.41) is 0. The summed E-state index contributed by atoms with van der Waals surface area (Å²) in [4.78, 5) is 14.6. The molecule has 1 atom stereocenters. The highest BCUT2D eigenvalue weighted by Gasteiger charge is 2.22. The van der Waals surface area contributed by atoms with E-state index in [2.05, 4.69) is 23.0 Å². The first-order valence-electron chi connectivity index (χ1n) is 5.29. The predicted molar refractivity (Wildman–Crippen MR) is 62.5 cm³/mol. The maximum Gasteiger partial charge on any atom is 0.137 e. The van der Waals surface area contributed by atoms with Crippen molar-refractivity contribution < 1.29 is 9.53 Å². The van der Waals surface area contributed by atoms with E-state index in [1.54, 1.807) is 13.3 Å². The number of nitrogens with zero attached hydrogens (tertiary/aromatic N) is 2. The molecule has 1 aliphatic rings. The number of carbonyl (C=O) groups is 1. The molecule has 0 aliphatic carbocycles. The highest BCUT2D eigenvalue weighted by atomic mass is 16.5. The largest absolute Gasteiger partial charge is 0.495 e. The molecular formula is C12H18N2O2. The van der Waals surface area contributed by atoms with Gasteiger partial charge in [-0.1, -0.05) is 0 Å². The van der Waals surface area contributed by atoms with Crippen LogP contribution in [-0.2, 0) is 4.79 Å². The Hall–Kier alpha value is -1.42. The molecule has 1 aliphatic heterocycles. The van der Waals surface area contributed by atoms with Crippen molar-refractivity contribution in [2.45, 2.75) is 18.9 Å². The first-order chi connectivity index (χ1) is 7.81. The van der Waals surface area contributed by atoms with Crippen LogP contribution in [0.1, 0.15) is 24.4 Å². The van der Waals surface area contributed by atoms with Crippen LogP contribution in [0.4, 0.5) is 0 Å². The number of pyridine rings is 1. The smallest absolute Gasteiger partial charge is 0.137 e. The molecule has 1 saturated heterocycles. The summed E-state index contributed by atoms with van der Waals surface area (Å²) < 4.78 is 5.17. The van der Waals surface area contributed by atoms with Crippen LogP contribution in [0, 0.1) is 0 Å². The summed E-state index contributed by atoms with van der Waals surface area (Å²) in [6.07, 6.45) is 6.19. The van der Waals surface area contributed by atoms with Crippen molar-refractivity contribution in [3.8, 4) is 5.75 Å². The third-order valence-electron chi connectivity index (χ3n) is 2.88. The molecule has 4 heteroatoms. The van der Waals surface area contributed by atoms with E-state index >= 15 is 0 Å². The SMILES string of the molecule is C=O.COc1cncc(C2CCCN2C)c1. The molecule has 0 N–H and O–H groups in total. The predicted octanol–water partition coefficient (Wildman–Crippen LogP) is 1.67. The highest BCUT2D eigenvalue weighted by molar-refractivity contribution is 5.26. The Bertz CT molecular complexity index is 331. The van der Waals surface area contributed by atoms with Gasteiger partial charge in [0.25, 0.3) is 0 Å². The first kappa shape index (κ1) is 12.6.